The number of fused-ring (bicyclic) bond motifs is 1. The van der Waals surface area contributed by atoms with Gasteiger partial charge in [-0.3, -0.25) is 9.98 Å². The highest BCUT2D eigenvalue weighted by molar-refractivity contribution is 8.14. The number of aromatic amines is 1. The lowest BCUT2D eigenvalue weighted by Crippen LogP contribution is -2.07. The zero-order chi connectivity index (χ0) is 14.1. The minimum absolute atomic E-state index is 0.362. The molecule has 0 fully saturated rings. The van der Waals surface area contributed by atoms with E-state index < -0.39 is 0 Å². The van der Waals surface area contributed by atoms with Crippen molar-refractivity contribution >= 4 is 27.8 Å². The van der Waals surface area contributed by atoms with Gasteiger partial charge in [0.2, 0.25) is 0 Å². The third-order valence-electron chi connectivity index (χ3n) is 3.69. The molecule has 1 aliphatic heterocycles. The summed E-state index contributed by atoms with van der Waals surface area (Å²) in [5.74, 6) is 1.05. The number of hydrogen-bond donors (Lipinski definition) is 1. The Morgan fingerprint density at radius 1 is 1.14 bits per heavy atom. The van der Waals surface area contributed by atoms with Crippen LogP contribution in [0.4, 0.5) is 0 Å². The Labute approximate surface area is 127 Å². The predicted molar refractivity (Wildman–Crippen MR) is 89.0 cm³/mol. The monoisotopic (exact) mass is 293 g/mol. The first-order valence-electron chi connectivity index (χ1n) is 7.07. The van der Waals surface area contributed by atoms with E-state index in [4.69, 9.17) is 4.99 Å². The van der Waals surface area contributed by atoms with Gasteiger partial charge in [-0.15, -0.1) is 11.8 Å². The van der Waals surface area contributed by atoms with Crippen molar-refractivity contribution in [3.05, 3.63) is 66.0 Å². The SMILES string of the molecule is c1ccc(CC2CSC(c3c[nH]c4cccnc34)=N2)cc1. The summed E-state index contributed by atoms with van der Waals surface area (Å²) in [5, 5.41) is 1.11. The van der Waals surface area contributed by atoms with Gasteiger partial charge in [0.15, 0.2) is 0 Å². The molecule has 0 radical (unpaired) electrons. The van der Waals surface area contributed by atoms with Gasteiger partial charge in [0, 0.05) is 18.1 Å². The van der Waals surface area contributed by atoms with E-state index in [1.807, 2.05) is 36.3 Å². The first-order valence-corrected chi connectivity index (χ1v) is 8.06. The molecule has 0 aliphatic carbocycles. The van der Waals surface area contributed by atoms with Gasteiger partial charge in [-0.25, -0.2) is 0 Å². The van der Waals surface area contributed by atoms with Gasteiger partial charge in [-0.2, -0.15) is 0 Å². The second-order valence-corrected chi connectivity index (χ2v) is 6.20. The Bertz CT molecular complexity index is 792. The van der Waals surface area contributed by atoms with Crippen molar-refractivity contribution in [2.45, 2.75) is 12.5 Å². The molecule has 0 saturated heterocycles. The molecular formula is C17H15N3S. The van der Waals surface area contributed by atoms with Gasteiger partial charge < -0.3 is 4.98 Å². The highest BCUT2D eigenvalue weighted by Gasteiger charge is 2.22. The van der Waals surface area contributed by atoms with Crippen molar-refractivity contribution in [2.24, 2.45) is 4.99 Å². The highest BCUT2D eigenvalue weighted by Crippen LogP contribution is 2.28. The van der Waals surface area contributed by atoms with Gasteiger partial charge in [0.05, 0.1) is 22.6 Å². The van der Waals surface area contributed by atoms with Crippen LogP contribution in [-0.2, 0) is 6.42 Å². The Morgan fingerprint density at radius 3 is 2.95 bits per heavy atom. The van der Waals surface area contributed by atoms with Crippen LogP contribution in [0.15, 0.2) is 59.9 Å². The van der Waals surface area contributed by atoms with Crippen LogP contribution >= 0.6 is 11.8 Å². The molecule has 2 aromatic heterocycles. The molecule has 0 bridgehead atoms. The summed E-state index contributed by atoms with van der Waals surface area (Å²) in [6.45, 7) is 0. The van der Waals surface area contributed by atoms with E-state index in [9.17, 15) is 0 Å². The van der Waals surface area contributed by atoms with Crippen LogP contribution in [0.25, 0.3) is 11.0 Å². The normalized spacial score (nSPS) is 18.1. The lowest BCUT2D eigenvalue weighted by atomic mass is 10.1. The fraction of sp³-hybridized carbons (Fsp3) is 0.176. The third-order valence-corrected chi connectivity index (χ3v) is 4.84. The Hall–Kier alpha value is -2.07. The van der Waals surface area contributed by atoms with E-state index in [0.717, 1.165) is 33.8 Å². The lowest BCUT2D eigenvalue weighted by molar-refractivity contribution is 0.763. The summed E-state index contributed by atoms with van der Waals surface area (Å²) in [4.78, 5) is 12.6. The number of nitrogens with zero attached hydrogens (tertiary/aromatic N) is 2. The molecule has 4 heteroatoms. The third kappa shape index (κ3) is 2.47. The summed E-state index contributed by atoms with van der Waals surface area (Å²) in [7, 11) is 0. The van der Waals surface area contributed by atoms with Gasteiger partial charge in [0.1, 0.15) is 5.04 Å². The molecule has 0 saturated carbocycles. The predicted octanol–water partition coefficient (Wildman–Crippen LogP) is 3.67. The minimum atomic E-state index is 0.362. The average molecular weight is 293 g/mol. The number of benzene rings is 1. The number of hydrogen-bond acceptors (Lipinski definition) is 3. The molecule has 3 aromatic rings. The van der Waals surface area contributed by atoms with Crippen molar-refractivity contribution < 1.29 is 0 Å². The van der Waals surface area contributed by atoms with Crippen LogP contribution in [0.2, 0.25) is 0 Å². The molecule has 1 N–H and O–H groups in total. The molecule has 1 atom stereocenters. The number of H-pyrrole nitrogens is 1. The molecule has 3 nitrogen and oxygen atoms in total. The number of nitrogens with one attached hydrogen (secondary N) is 1. The molecule has 1 aliphatic rings. The molecule has 0 spiro atoms. The summed E-state index contributed by atoms with van der Waals surface area (Å²) < 4.78 is 0. The number of pyridine rings is 1. The van der Waals surface area contributed by atoms with E-state index >= 15 is 0 Å². The summed E-state index contributed by atoms with van der Waals surface area (Å²) >= 11 is 1.83. The maximum atomic E-state index is 4.90. The molecule has 3 heterocycles. The number of rotatable bonds is 3. The van der Waals surface area contributed by atoms with Crippen molar-refractivity contribution in [3.8, 4) is 0 Å². The second-order valence-electron chi connectivity index (χ2n) is 5.19. The fourth-order valence-electron chi connectivity index (χ4n) is 2.67. The van der Waals surface area contributed by atoms with Crippen molar-refractivity contribution in [1.29, 1.82) is 0 Å². The van der Waals surface area contributed by atoms with E-state index in [1.165, 1.54) is 5.56 Å². The zero-order valence-electron chi connectivity index (χ0n) is 11.5. The zero-order valence-corrected chi connectivity index (χ0v) is 12.3. The van der Waals surface area contributed by atoms with Crippen LogP contribution in [0.3, 0.4) is 0 Å². The van der Waals surface area contributed by atoms with E-state index in [2.05, 4.69) is 40.3 Å². The largest absolute Gasteiger partial charge is 0.359 e. The lowest BCUT2D eigenvalue weighted by Gasteiger charge is -2.04. The smallest absolute Gasteiger partial charge is 0.102 e. The van der Waals surface area contributed by atoms with Gasteiger partial charge in [-0.1, -0.05) is 30.3 Å². The van der Waals surface area contributed by atoms with E-state index in [1.54, 1.807) is 0 Å². The van der Waals surface area contributed by atoms with Gasteiger partial charge in [-0.05, 0) is 24.1 Å². The minimum Gasteiger partial charge on any atom is -0.359 e. The molecule has 1 aromatic carbocycles. The van der Waals surface area contributed by atoms with Gasteiger partial charge >= 0.3 is 0 Å². The van der Waals surface area contributed by atoms with Crippen LogP contribution in [-0.4, -0.2) is 26.8 Å². The maximum Gasteiger partial charge on any atom is 0.102 e. The molecular weight excluding hydrogens is 278 g/mol. The fourth-order valence-corrected chi connectivity index (χ4v) is 3.75. The first kappa shape index (κ1) is 12.7. The standard InChI is InChI=1S/C17H15N3S/c1-2-5-12(6-3-1)9-13-11-21-17(20-13)14-10-19-15-7-4-8-18-16(14)15/h1-8,10,13,19H,9,11H2. The quantitative estimate of drug-likeness (QED) is 0.800. The summed E-state index contributed by atoms with van der Waals surface area (Å²) in [5.41, 5.74) is 4.57. The summed E-state index contributed by atoms with van der Waals surface area (Å²) in [6.07, 6.45) is 4.86. The Kier molecular flexibility index (Phi) is 3.24. The number of aromatic nitrogens is 2. The van der Waals surface area contributed by atoms with E-state index in [-0.39, 0.29) is 0 Å². The first-order chi connectivity index (χ1) is 10.4. The Morgan fingerprint density at radius 2 is 2.05 bits per heavy atom. The molecule has 21 heavy (non-hydrogen) atoms. The molecule has 0 amide bonds. The van der Waals surface area contributed by atoms with Crippen molar-refractivity contribution in [3.63, 3.8) is 0 Å². The van der Waals surface area contributed by atoms with Crippen LogP contribution in [0, 0.1) is 0 Å². The Balaban J connectivity index is 1.60. The van der Waals surface area contributed by atoms with Crippen LogP contribution < -0.4 is 0 Å². The average Bonchev–Trinajstić information content (AvgIpc) is 3.14. The summed E-state index contributed by atoms with van der Waals surface area (Å²) in [6, 6.07) is 14.9. The van der Waals surface area contributed by atoms with Crippen molar-refractivity contribution in [2.75, 3.05) is 5.75 Å². The second kappa shape index (κ2) is 5.37. The number of thioether (sulfide) groups is 1. The maximum absolute atomic E-state index is 4.90. The number of aliphatic imine (C=N–C) groups is 1. The van der Waals surface area contributed by atoms with Crippen LogP contribution in [0.5, 0.6) is 0 Å². The van der Waals surface area contributed by atoms with Gasteiger partial charge in [0.25, 0.3) is 0 Å². The molecule has 4 rings (SSSR count). The molecule has 104 valence electrons. The molecule has 1 unspecified atom stereocenters. The van der Waals surface area contributed by atoms with E-state index in [0.29, 0.717) is 6.04 Å². The highest BCUT2D eigenvalue weighted by atomic mass is 32.2. The van der Waals surface area contributed by atoms with Crippen LogP contribution in [0.1, 0.15) is 11.1 Å². The topological polar surface area (TPSA) is 41.0 Å². The van der Waals surface area contributed by atoms with Crippen molar-refractivity contribution in [1.82, 2.24) is 9.97 Å².